The molecule has 0 radical (unpaired) electrons. The first-order valence-corrected chi connectivity index (χ1v) is 17.2. The number of esters is 1. The molecule has 54 heavy (non-hydrogen) atoms. The molecule has 0 bridgehead atoms. The maximum Gasteiger partial charge on any atom is 0.468 e. The summed E-state index contributed by atoms with van der Waals surface area (Å²) in [6.07, 6.45) is -12.1. The van der Waals surface area contributed by atoms with E-state index in [9.17, 15) is 22.4 Å². The predicted octanol–water partition coefficient (Wildman–Crippen LogP) is 8.77. The molecule has 0 spiro atoms. The van der Waals surface area contributed by atoms with Crippen LogP contribution in [-0.4, -0.2) is 55.4 Å². The van der Waals surface area contributed by atoms with Gasteiger partial charge in [0.15, 0.2) is 6.10 Å². The van der Waals surface area contributed by atoms with E-state index >= 15 is 0 Å². The van der Waals surface area contributed by atoms with E-state index in [0.717, 1.165) is 41.0 Å². The Morgan fingerprint density at radius 2 is 1.11 bits per heavy atom. The van der Waals surface area contributed by atoms with Crippen LogP contribution in [0, 0.1) is 5.82 Å². The Labute approximate surface area is 309 Å². The molecule has 1 heterocycles. The predicted molar refractivity (Wildman–Crippen MR) is 191 cm³/mol. The number of carbonyl (C=O) groups is 1. The van der Waals surface area contributed by atoms with Gasteiger partial charge in [0.25, 0.3) is 5.90 Å². The Balaban J connectivity index is 1.40. The number of alkyl halides is 3. The largest absolute Gasteiger partial charge is 0.468 e. The van der Waals surface area contributed by atoms with Gasteiger partial charge in [-0.2, -0.15) is 13.2 Å². The molecule has 1 saturated heterocycles. The molecule has 1 aliphatic rings. The van der Waals surface area contributed by atoms with Crippen LogP contribution in [0.1, 0.15) is 27.0 Å². The second kappa shape index (κ2) is 18.6. The Hall–Kier alpha value is -5.40. The van der Waals surface area contributed by atoms with Crippen molar-refractivity contribution < 1.29 is 50.8 Å². The van der Waals surface area contributed by atoms with Crippen molar-refractivity contribution in [3.05, 3.63) is 174 Å². The van der Waals surface area contributed by atoms with E-state index in [1.807, 2.05) is 91.0 Å². The highest BCUT2D eigenvalue weighted by atomic mass is 19.4. The molecule has 5 aromatic carbocycles. The van der Waals surface area contributed by atoms with Crippen molar-refractivity contribution >= 4 is 17.6 Å². The van der Waals surface area contributed by atoms with E-state index in [0.29, 0.717) is 0 Å². The van der Waals surface area contributed by atoms with Crippen molar-refractivity contribution in [3.63, 3.8) is 0 Å². The first-order valence-electron chi connectivity index (χ1n) is 17.2. The van der Waals surface area contributed by atoms with Gasteiger partial charge < -0.3 is 28.4 Å². The Bertz CT molecular complexity index is 1920. The van der Waals surface area contributed by atoms with Crippen LogP contribution in [0.4, 0.5) is 23.2 Å². The lowest BCUT2D eigenvalue weighted by Gasteiger charge is -2.45. The van der Waals surface area contributed by atoms with Crippen LogP contribution in [0.25, 0.3) is 0 Å². The minimum atomic E-state index is -5.15. The zero-order chi connectivity index (χ0) is 37.8. The van der Waals surface area contributed by atoms with Gasteiger partial charge in [-0.15, -0.1) is 0 Å². The van der Waals surface area contributed by atoms with Crippen LogP contribution >= 0.6 is 0 Å². The third-order valence-corrected chi connectivity index (χ3v) is 8.34. The normalized spacial score (nSPS) is 20.3. The van der Waals surface area contributed by atoms with Crippen LogP contribution in [-0.2, 0) is 48.2 Å². The highest BCUT2D eigenvalue weighted by Gasteiger charge is 2.53. The maximum atomic E-state index is 14.7. The molecule has 0 amide bonds. The third-order valence-electron chi connectivity index (χ3n) is 8.34. The topological polar surface area (TPSA) is 84.8 Å². The number of benzene rings is 5. The summed E-state index contributed by atoms with van der Waals surface area (Å²) in [7, 11) is 0. The quantitative estimate of drug-likeness (QED) is 0.0487. The molecule has 6 rings (SSSR count). The number of ether oxygens (including phenoxy) is 6. The molecule has 1 aliphatic heterocycles. The van der Waals surface area contributed by atoms with Gasteiger partial charge in [0.2, 0.25) is 6.29 Å². The molecule has 280 valence electrons. The van der Waals surface area contributed by atoms with E-state index in [4.69, 9.17) is 28.4 Å². The molecule has 0 unspecified atom stereocenters. The van der Waals surface area contributed by atoms with Gasteiger partial charge in [-0.3, -0.25) is 0 Å². The van der Waals surface area contributed by atoms with Crippen LogP contribution in [0.2, 0.25) is 0 Å². The number of hydrogen-bond acceptors (Lipinski definition) is 8. The third kappa shape index (κ3) is 10.8. The summed E-state index contributed by atoms with van der Waals surface area (Å²) in [6.45, 7) is 0.00474. The number of carbonyl (C=O) groups excluding carboxylic acids is 1. The smallest absolute Gasteiger partial charge is 0.449 e. The zero-order valence-electron chi connectivity index (χ0n) is 28.9. The SMILES string of the molecule is O=C(O[C@H]1[C@@H](OC(=Nc2ccc(F)cc2)C(F)(F)F)O[C@H](COCc2ccccc2)[C@H](OCc2ccccc2)[C@@H]1OCc1ccccc1)c1ccccc1. The number of aliphatic imine (C=N–C) groups is 1. The fourth-order valence-electron chi connectivity index (χ4n) is 5.69. The molecule has 0 aromatic heterocycles. The number of rotatable bonds is 14. The summed E-state index contributed by atoms with van der Waals surface area (Å²) in [5.74, 6) is -3.24. The lowest BCUT2D eigenvalue weighted by atomic mass is 9.97. The van der Waals surface area contributed by atoms with Crippen molar-refractivity contribution in [1.82, 2.24) is 0 Å². The van der Waals surface area contributed by atoms with Gasteiger partial charge in [0.1, 0.15) is 24.1 Å². The van der Waals surface area contributed by atoms with E-state index in [1.165, 1.54) is 12.1 Å². The monoisotopic (exact) mass is 743 g/mol. The van der Waals surface area contributed by atoms with Gasteiger partial charge in [0, 0.05) is 0 Å². The van der Waals surface area contributed by atoms with Crippen LogP contribution in [0.15, 0.2) is 151 Å². The minimum Gasteiger partial charge on any atom is -0.449 e. The van der Waals surface area contributed by atoms with Crippen LogP contribution < -0.4 is 0 Å². The van der Waals surface area contributed by atoms with Crippen LogP contribution in [0.5, 0.6) is 0 Å². The molecule has 12 heteroatoms. The van der Waals surface area contributed by atoms with E-state index in [1.54, 1.807) is 18.2 Å². The van der Waals surface area contributed by atoms with Gasteiger partial charge in [-0.25, -0.2) is 14.2 Å². The van der Waals surface area contributed by atoms with Crippen molar-refractivity contribution in [3.8, 4) is 0 Å². The number of halogens is 4. The Morgan fingerprint density at radius 3 is 1.65 bits per heavy atom. The minimum absolute atomic E-state index is 0.0315. The van der Waals surface area contributed by atoms with Crippen molar-refractivity contribution in [1.29, 1.82) is 0 Å². The molecule has 1 fully saturated rings. The fourth-order valence-corrected chi connectivity index (χ4v) is 5.69. The fraction of sp³-hybridized carbons (Fsp3) is 0.238. The Morgan fingerprint density at radius 1 is 0.611 bits per heavy atom. The average Bonchev–Trinajstić information content (AvgIpc) is 3.19. The molecule has 0 aliphatic carbocycles. The van der Waals surface area contributed by atoms with Crippen molar-refractivity contribution in [2.75, 3.05) is 6.61 Å². The molecular weight excluding hydrogens is 706 g/mol. The van der Waals surface area contributed by atoms with Crippen molar-refractivity contribution in [2.45, 2.75) is 56.7 Å². The lowest BCUT2D eigenvalue weighted by molar-refractivity contribution is -0.305. The number of hydrogen-bond donors (Lipinski definition) is 0. The lowest BCUT2D eigenvalue weighted by Crippen LogP contribution is -2.62. The Kier molecular flexibility index (Phi) is 13.2. The average molecular weight is 744 g/mol. The molecule has 5 aromatic rings. The zero-order valence-corrected chi connectivity index (χ0v) is 28.9. The first-order chi connectivity index (χ1) is 26.2. The second-order valence-corrected chi connectivity index (χ2v) is 12.3. The van der Waals surface area contributed by atoms with E-state index in [-0.39, 0.29) is 37.7 Å². The van der Waals surface area contributed by atoms with Gasteiger partial charge in [-0.1, -0.05) is 109 Å². The summed E-state index contributed by atoms with van der Waals surface area (Å²) in [4.78, 5) is 17.3. The first kappa shape index (κ1) is 38.3. The van der Waals surface area contributed by atoms with Crippen molar-refractivity contribution in [2.24, 2.45) is 4.99 Å². The standard InChI is InChI=1S/C42H37F4NO7/c43-33-21-23-34(24-22-33)47-41(42(44,45)46)54-40-38(53-39(48)32-19-11-4-12-20-32)37(51-27-31-17-9-3-10-18-31)36(50-26-30-15-7-2-8-16-30)35(52-40)28-49-25-29-13-5-1-6-14-29/h1-24,35-38,40H,25-28H2/t35-,36+,37+,38-,40-/m1/s1. The summed E-state index contributed by atoms with van der Waals surface area (Å²) in [5.41, 5.74) is 2.28. The highest BCUT2D eigenvalue weighted by molar-refractivity contribution is 5.89. The summed E-state index contributed by atoms with van der Waals surface area (Å²) >= 11 is 0. The van der Waals surface area contributed by atoms with E-state index < -0.39 is 54.6 Å². The summed E-state index contributed by atoms with van der Waals surface area (Å²) in [6, 6.07) is 39.6. The van der Waals surface area contributed by atoms with Crippen LogP contribution in [0.3, 0.4) is 0 Å². The summed E-state index contributed by atoms with van der Waals surface area (Å²) < 4.78 is 94.4. The summed E-state index contributed by atoms with van der Waals surface area (Å²) in [5, 5.41) is 0. The van der Waals surface area contributed by atoms with Gasteiger partial charge >= 0.3 is 12.1 Å². The number of nitrogens with zero attached hydrogens (tertiary/aromatic N) is 1. The molecule has 8 nitrogen and oxygen atoms in total. The molecule has 0 N–H and O–H groups in total. The highest BCUT2D eigenvalue weighted by Crippen LogP contribution is 2.34. The second-order valence-electron chi connectivity index (χ2n) is 12.3. The molecule has 0 saturated carbocycles. The van der Waals surface area contributed by atoms with Gasteiger partial charge in [-0.05, 0) is 53.1 Å². The van der Waals surface area contributed by atoms with Gasteiger partial charge in [0.05, 0.1) is 37.7 Å². The maximum absolute atomic E-state index is 14.7. The molecule has 5 atom stereocenters. The molecular formula is C42H37F4NO7. The van der Waals surface area contributed by atoms with E-state index in [2.05, 4.69) is 4.99 Å².